The summed E-state index contributed by atoms with van der Waals surface area (Å²) in [5, 5.41) is 11.4. The SMILES string of the molecule is CCOc1ccc(-c2nnc(S[C@@H](C)C(=O)Nc3ccccc3C(C)C)n2N)cc1. The molecule has 1 atom stereocenters. The van der Waals surface area contributed by atoms with Crippen LogP contribution in [0.15, 0.2) is 53.7 Å². The van der Waals surface area contributed by atoms with Gasteiger partial charge in [-0.1, -0.05) is 43.8 Å². The van der Waals surface area contributed by atoms with Crippen molar-refractivity contribution in [3.05, 3.63) is 54.1 Å². The first kappa shape index (κ1) is 21.7. The Kier molecular flexibility index (Phi) is 6.99. The molecule has 0 fully saturated rings. The third kappa shape index (κ3) is 4.94. The molecule has 0 aliphatic heterocycles. The van der Waals surface area contributed by atoms with E-state index >= 15 is 0 Å². The highest BCUT2D eigenvalue weighted by molar-refractivity contribution is 8.00. The van der Waals surface area contributed by atoms with Gasteiger partial charge in [-0.3, -0.25) is 4.79 Å². The average Bonchev–Trinajstić information content (AvgIpc) is 3.09. The maximum atomic E-state index is 12.7. The van der Waals surface area contributed by atoms with E-state index in [9.17, 15) is 4.79 Å². The van der Waals surface area contributed by atoms with Crippen molar-refractivity contribution >= 4 is 23.4 Å². The zero-order chi connectivity index (χ0) is 21.7. The fourth-order valence-corrected chi connectivity index (χ4v) is 3.75. The van der Waals surface area contributed by atoms with Crippen LogP contribution in [0, 0.1) is 0 Å². The summed E-state index contributed by atoms with van der Waals surface area (Å²) in [6.45, 7) is 8.57. The van der Waals surface area contributed by atoms with Crippen LogP contribution in [0.1, 0.15) is 39.2 Å². The van der Waals surface area contributed by atoms with Crippen LogP contribution in [-0.2, 0) is 4.79 Å². The number of nitrogens with zero attached hydrogens (tertiary/aromatic N) is 3. The highest BCUT2D eigenvalue weighted by Gasteiger charge is 2.21. The van der Waals surface area contributed by atoms with E-state index in [0.717, 1.165) is 22.6 Å². The van der Waals surface area contributed by atoms with Crippen molar-refractivity contribution in [3.63, 3.8) is 0 Å². The minimum Gasteiger partial charge on any atom is -0.494 e. The summed E-state index contributed by atoms with van der Waals surface area (Å²) < 4.78 is 6.87. The zero-order valence-electron chi connectivity index (χ0n) is 17.6. The first-order chi connectivity index (χ1) is 14.4. The number of para-hydroxylation sites is 1. The summed E-state index contributed by atoms with van der Waals surface area (Å²) in [7, 11) is 0. The maximum Gasteiger partial charge on any atom is 0.237 e. The van der Waals surface area contributed by atoms with Crippen molar-refractivity contribution in [2.24, 2.45) is 0 Å². The van der Waals surface area contributed by atoms with Gasteiger partial charge in [0.15, 0.2) is 5.82 Å². The molecule has 0 radical (unpaired) electrons. The van der Waals surface area contributed by atoms with E-state index in [4.69, 9.17) is 10.6 Å². The molecule has 30 heavy (non-hydrogen) atoms. The molecule has 8 heteroatoms. The lowest BCUT2D eigenvalue weighted by molar-refractivity contribution is -0.115. The van der Waals surface area contributed by atoms with Crippen molar-refractivity contribution in [2.75, 3.05) is 17.8 Å². The van der Waals surface area contributed by atoms with E-state index in [1.165, 1.54) is 16.4 Å². The fraction of sp³-hybridized carbons (Fsp3) is 0.318. The molecule has 0 unspecified atom stereocenters. The summed E-state index contributed by atoms with van der Waals surface area (Å²) in [6, 6.07) is 15.3. The molecule has 0 aliphatic carbocycles. The topological polar surface area (TPSA) is 95.1 Å². The van der Waals surface area contributed by atoms with Gasteiger partial charge in [0.1, 0.15) is 5.75 Å². The smallest absolute Gasteiger partial charge is 0.237 e. The third-order valence-electron chi connectivity index (χ3n) is 4.58. The van der Waals surface area contributed by atoms with Gasteiger partial charge >= 0.3 is 0 Å². The third-order valence-corrected chi connectivity index (χ3v) is 5.64. The first-order valence-electron chi connectivity index (χ1n) is 9.90. The summed E-state index contributed by atoms with van der Waals surface area (Å²) in [5.41, 5.74) is 2.75. The second kappa shape index (κ2) is 9.67. The number of carbonyl (C=O) groups excluding carboxylic acids is 1. The number of ether oxygens (including phenoxy) is 1. The van der Waals surface area contributed by atoms with Crippen molar-refractivity contribution in [3.8, 4) is 17.1 Å². The normalized spacial score (nSPS) is 12.0. The predicted molar refractivity (Wildman–Crippen MR) is 121 cm³/mol. The number of amides is 1. The molecular formula is C22H27N5O2S. The number of rotatable bonds is 8. The highest BCUT2D eigenvalue weighted by Crippen LogP contribution is 2.28. The Bertz CT molecular complexity index is 1000. The van der Waals surface area contributed by atoms with Gasteiger partial charge in [0.2, 0.25) is 11.1 Å². The highest BCUT2D eigenvalue weighted by atomic mass is 32.2. The number of hydrogen-bond donors (Lipinski definition) is 2. The number of benzene rings is 2. The molecular weight excluding hydrogens is 398 g/mol. The van der Waals surface area contributed by atoms with Gasteiger partial charge in [0.25, 0.3) is 0 Å². The monoisotopic (exact) mass is 425 g/mol. The number of nitrogens with one attached hydrogen (secondary N) is 1. The summed E-state index contributed by atoms with van der Waals surface area (Å²) in [5.74, 6) is 7.72. The Labute approximate surface area is 181 Å². The quantitative estimate of drug-likeness (QED) is 0.413. The van der Waals surface area contributed by atoms with Crippen LogP contribution >= 0.6 is 11.8 Å². The van der Waals surface area contributed by atoms with Gasteiger partial charge in [0.05, 0.1) is 11.9 Å². The van der Waals surface area contributed by atoms with Crippen LogP contribution in [0.4, 0.5) is 5.69 Å². The lowest BCUT2D eigenvalue weighted by atomic mass is 10.0. The molecule has 3 rings (SSSR count). The molecule has 2 aromatic carbocycles. The number of hydrogen-bond acceptors (Lipinski definition) is 6. The van der Waals surface area contributed by atoms with E-state index in [1.54, 1.807) is 0 Å². The number of nitrogen functional groups attached to an aromatic ring is 1. The Hall–Kier alpha value is -3.00. The van der Waals surface area contributed by atoms with Gasteiger partial charge in [-0.15, -0.1) is 10.2 Å². The van der Waals surface area contributed by atoms with E-state index in [-0.39, 0.29) is 5.91 Å². The fourth-order valence-electron chi connectivity index (χ4n) is 2.98. The van der Waals surface area contributed by atoms with Crippen LogP contribution in [0.5, 0.6) is 5.75 Å². The maximum absolute atomic E-state index is 12.7. The minimum atomic E-state index is -0.398. The van der Waals surface area contributed by atoms with Crippen LogP contribution < -0.4 is 15.9 Å². The van der Waals surface area contributed by atoms with Gasteiger partial charge in [-0.05, 0) is 55.7 Å². The Morgan fingerprint density at radius 1 is 1.13 bits per heavy atom. The molecule has 0 saturated carbocycles. The van der Waals surface area contributed by atoms with E-state index in [1.807, 2.05) is 62.4 Å². The largest absolute Gasteiger partial charge is 0.494 e. The molecule has 3 aromatic rings. The first-order valence-corrected chi connectivity index (χ1v) is 10.8. The average molecular weight is 426 g/mol. The molecule has 1 amide bonds. The van der Waals surface area contributed by atoms with Gasteiger partial charge in [-0.25, -0.2) is 4.68 Å². The van der Waals surface area contributed by atoms with Gasteiger partial charge in [-0.2, -0.15) is 0 Å². The Balaban J connectivity index is 1.70. The predicted octanol–water partition coefficient (Wildman–Crippen LogP) is 4.30. The molecule has 1 aromatic heterocycles. The van der Waals surface area contributed by atoms with E-state index in [0.29, 0.717) is 23.5 Å². The molecule has 3 N–H and O–H groups in total. The molecule has 0 saturated heterocycles. The lowest BCUT2D eigenvalue weighted by Crippen LogP contribution is -2.24. The van der Waals surface area contributed by atoms with Crippen molar-refractivity contribution < 1.29 is 9.53 Å². The van der Waals surface area contributed by atoms with E-state index < -0.39 is 5.25 Å². The zero-order valence-corrected chi connectivity index (χ0v) is 18.4. The molecule has 0 spiro atoms. The van der Waals surface area contributed by atoms with Crippen LogP contribution in [0.25, 0.3) is 11.4 Å². The number of nitrogens with two attached hydrogens (primary N) is 1. The Morgan fingerprint density at radius 3 is 2.50 bits per heavy atom. The number of anilines is 1. The van der Waals surface area contributed by atoms with Gasteiger partial charge in [0, 0.05) is 11.3 Å². The second-order valence-corrected chi connectivity index (χ2v) is 8.43. The molecule has 1 heterocycles. The number of aromatic nitrogens is 3. The second-order valence-electron chi connectivity index (χ2n) is 7.12. The molecule has 0 bridgehead atoms. The van der Waals surface area contributed by atoms with Crippen LogP contribution in [-0.4, -0.2) is 32.6 Å². The molecule has 7 nitrogen and oxygen atoms in total. The van der Waals surface area contributed by atoms with Crippen molar-refractivity contribution in [1.29, 1.82) is 0 Å². The van der Waals surface area contributed by atoms with Crippen molar-refractivity contribution in [2.45, 2.75) is 44.0 Å². The van der Waals surface area contributed by atoms with Crippen LogP contribution in [0.2, 0.25) is 0 Å². The lowest BCUT2D eigenvalue weighted by Gasteiger charge is -2.16. The van der Waals surface area contributed by atoms with Gasteiger partial charge < -0.3 is 15.9 Å². The Morgan fingerprint density at radius 2 is 1.83 bits per heavy atom. The van der Waals surface area contributed by atoms with Crippen LogP contribution in [0.3, 0.4) is 0 Å². The number of carbonyl (C=O) groups is 1. The minimum absolute atomic E-state index is 0.112. The standard InChI is InChI=1S/C22H27N5O2S/c1-5-29-17-12-10-16(11-13-17)20-25-26-22(27(20)23)30-15(4)21(28)24-19-9-7-6-8-18(19)14(2)3/h6-15H,5,23H2,1-4H3,(H,24,28)/t15-/m0/s1. The summed E-state index contributed by atoms with van der Waals surface area (Å²) in [4.78, 5) is 12.7. The molecule has 158 valence electrons. The molecule has 0 aliphatic rings. The van der Waals surface area contributed by atoms with Crippen molar-refractivity contribution in [1.82, 2.24) is 14.9 Å². The van der Waals surface area contributed by atoms with E-state index in [2.05, 4.69) is 29.4 Å². The summed E-state index contributed by atoms with van der Waals surface area (Å²) in [6.07, 6.45) is 0. The summed E-state index contributed by atoms with van der Waals surface area (Å²) >= 11 is 1.27. The number of thioether (sulfide) groups is 1.